The van der Waals surface area contributed by atoms with Crippen LogP contribution in [0.3, 0.4) is 0 Å². The van der Waals surface area contributed by atoms with E-state index in [0.717, 1.165) is 13.0 Å². The Hall–Kier alpha value is -1.96. The van der Waals surface area contributed by atoms with Crippen molar-refractivity contribution in [1.82, 2.24) is 25.3 Å². The molecule has 0 unspecified atom stereocenters. The second kappa shape index (κ2) is 9.12. The molecule has 0 radical (unpaired) electrons. The molecule has 1 atom stereocenters. The number of rotatable bonds is 8. The summed E-state index contributed by atoms with van der Waals surface area (Å²) < 4.78 is 5.24. The highest BCUT2D eigenvalue weighted by Crippen LogP contribution is 2.15. The van der Waals surface area contributed by atoms with E-state index in [1.54, 1.807) is 4.90 Å². The molecule has 1 aliphatic rings. The minimum Gasteiger partial charge on any atom is -0.353 e. The quantitative estimate of drug-likeness (QED) is 0.745. The van der Waals surface area contributed by atoms with Crippen LogP contribution in [0.4, 0.5) is 0 Å². The Morgan fingerprint density at radius 3 is 2.73 bits per heavy atom. The van der Waals surface area contributed by atoms with E-state index in [-0.39, 0.29) is 24.3 Å². The van der Waals surface area contributed by atoms with Crippen LogP contribution in [0.25, 0.3) is 0 Å². The summed E-state index contributed by atoms with van der Waals surface area (Å²) in [6.45, 7) is 12.4. The summed E-state index contributed by atoms with van der Waals surface area (Å²) in [6.07, 6.45) is 0.882. The van der Waals surface area contributed by atoms with Gasteiger partial charge in [0.05, 0.1) is 19.0 Å². The van der Waals surface area contributed by atoms with Crippen molar-refractivity contribution >= 4 is 11.8 Å². The van der Waals surface area contributed by atoms with Crippen LogP contribution in [0.5, 0.6) is 0 Å². The highest BCUT2D eigenvalue weighted by atomic mass is 16.5. The molecule has 0 bridgehead atoms. The number of nitrogens with one attached hydrogen (secondary N) is 1. The Labute approximate surface area is 155 Å². The maximum atomic E-state index is 12.8. The van der Waals surface area contributed by atoms with Crippen LogP contribution in [0.1, 0.15) is 52.8 Å². The molecule has 0 aromatic carbocycles. The van der Waals surface area contributed by atoms with E-state index in [9.17, 15) is 9.59 Å². The molecule has 8 heteroatoms. The molecule has 2 rings (SSSR count). The first-order valence-corrected chi connectivity index (χ1v) is 9.44. The molecular formula is C18H31N5O3. The van der Waals surface area contributed by atoms with Gasteiger partial charge in [-0.25, -0.2) is 0 Å². The monoisotopic (exact) mass is 365 g/mol. The van der Waals surface area contributed by atoms with Gasteiger partial charge in [-0.05, 0) is 26.7 Å². The SMILES string of the molecule is CCN(Cc1noc(CC(C)C)n1)C(=O)C[C@@H]1C(=O)NCCN1C(C)C. The molecule has 2 heterocycles. The lowest BCUT2D eigenvalue weighted by molar-refractivity contribution is -0.139. The van der Waals surface area contributed by atoms with Gasteiger partial charge in [0.1, 0.15) is 0 Å². The van der Waals surface area contributed by atoms with E-state index in [4.69, 9.17) is 4.52 Å². The number of aromatic nitrogens is 2. The van der Waals surface area contributed by atoms with Crippen LogP contribution in [0.15, 0.2) is 4.52 Å². The summed E-state index contributed by atoms with van der Waals surface area (Å²) in [7, 11) is 0. The molecule has 0 saturated carbocycles. The lowest BCUT2D eigenvalue weighted by atomic mass is 10.1. The average molecular weight is 365 g/mol. The maximum Gasteiger partial charge on any atom is 0.237 e. The molecule has 0 aliphatic carbocycles. The zero-order chi connectivity index (χ0) is 19.3. The molecule has 2 amide bonds. The van der Waals surface area contributed by atoms with Crippen LogP contribution in [-0.4, -0.2) is 63.5 Å². The molecule has 146 valence electrons. The number of piperazine rings is 1. The molecule has 1 N–H and O–H groups in total. The lowest BCUT2D eigenvalue weighted by Crippen LogP contribution is -2.58. The van der Waals surface area contributed by atoms with Crippen LogP contribution in [-0.2, 0) is 22.6 Å². The Morgan fingerprint density at radius 2 is 2.12 bits per heavy atom. The normalized spacial score (nSPS) is 18.4. The number of nitrogens with zero attached hydrogens (tertiary/aromatic N) is 4. The van der Waals surface area contributed by atoms with Gasteiger partial charge in [0.25, 0.3) is 0 Å². The average Bonchev–Trinajstić information content (AvgIpc) is 3.00. The van der Waals surface area contributed by atoms with E-state index >= 15 is 0 Å². The van der Waals surface area contributed by atoms with E-state index in [1.807, 2.05) is 20.8 Å². The van der Waals surface area contributed by atoms with Crippen molar-refractivity contribution in [2.45, 2.75) is 66.1 Å². The fraction of sp³-hybridized carbons (Fsp3) is 0.778. The van der Waals surface area contributed by atoms with Crippen LogP contribution in [0, 0.1) is 5.92 Å². The van der Waals surface area contributed by atoms with Crippen LogP contribution < -0.4 is 5.32 Å². The van der Waals surface area contributed by atoms with Gasteiger partial charge in [-0.3, -0.25) is 14.5 Å². The lowest BCUT2D eigenvalue weighted by Gasteiger charge is -2.38. The van der Waals surface area contributed by atoms with Gasteiger partial charge in [0.2, 0.25) is 17.7 Å². The number of hydrogen-bond acceptors (Lipinski definition) is 6. The van der Waals surface area contributed by atoms with Crippen LogP contribution >= 0.6 is 0 Å². The third-order valence-corrected chi connectivity index (χ3v) is 4.56. The molecule has 1 fully saturated rings. The summed E-state index contributed by atoms with van der Waals surface area (Å²) in [5.41, 5.74) is 0. The van der Waals surface area contributed by atoms with Crippen LogP contribution in [0.2, 0.25) is 0 Å². The summed E-state index contributed by atoms with van der Waals surface area (Å²) >= 11 is 0. The van der Waals surface area contributed by atoms with Crippen molar-refractivity contribution in [3.05, 3.63) is 11.7 Å². The van der Waals surface area contributed by atoms with Gasteiger partial charge in [0.15, 0.2) is 5.82 Å². The molecule has 0 spiro atoms. The Morgan fingerprint density at radius 1 is 1.38 bits per heavy atom. The van der Waals surface area contributed by atoms with Crippen molar-refractivity contribution in [2.24, 2.45) is 5.92 Å². The summed E-state index contributed by atoms with van der Waals surface area (Å²) in [6, 6.07) is -0.211. The molecule has 8 nitrogen and oxygen atoms in total. The zero-order valence-corrected chi connectivity index (χ0v) is 16.5. The van der Waals surface area contributed by atoms with Gasteiger partial charge < -0.3 is 14.7 Å². The molecular weight excluding hydrogens is 334 g/mol. The largest absolute Gasteiger partial charge is 0.353 e. The molecule has 1 saturated heterocycles. The number of amides is 2. The number of carbonyl (C=O) groups is 2. The van der Waals surface area contributed by atoms with Gasteiger partial charge >= 0.3 is 0 Å². The maximum absolute atomic E-state index is 12.8. The highest BCUT2D eigenvalue weighted by Gasteiger charge is 2.34. The Bertz CT molecular complexity index is 614. The van der Waals surface area contributed by atoms with Crippen molar-refractivity contribution in [3.8, 4) is 0 Å². The van der Waals surface area contributed by atoms with Gasteiger partial charge in [0, 0.05) is 32.1 Å². The fourth-order valence-electron chi connectivity index (χ4n) is 3.19. The minimum absolute atomic E-state index is 0.0737. The van der Waals surface area contributed by atoms with Gasteiger partial charge in [-0.1, -0.05) is 19.0 Å². The van der Waals surface area contributed by atoms with Crippen molar-refractivity contribution in [1.29, 1.82) is 0 Å². The highest BCUT2D eigenvalue weighted by molar-refractivity contribution is 5.88. The smallest absolute Gasteiger partial charge is 0.237 e. The predicted molar refractivity (Wildman–Crippen MR) is 97.2 cm³/mol. The summed E-state index contributed by atoms with van der Waals surface area (Å²) in [5, 5.41) is 6.83. The molecule has 1 aliphatic heterocycles. The molecule has 1 aromatic rings. The third-order valence-electron chi connectivity index (χ3n) is 4.56. The third kappa shape index (κ3) is 5.27. The van der Waals surface area contributed by atoms with E-state index in [0.29, 0.717) is 37.3 Å². The minimum atomic E-state index is -0.424. The van der Waals surface area contributed by atoms with E-state index < -0.39 is 6.04 Å². The van der Waals surface area contributed by atoms with Crippen molar-refractivity contribution < 1.29 is 14.1 Å². The Balaban J connectivity index is 2.01. The molecule has 26 heavy (non-hydrogen) atoms. The summed E-state index contributed by atoms with van der Waals surface area (Å²) in [4.78, 5) is 33.2. The second-order valence-corrected chi connectivity index (χ2v) is 7.45. The fourth-order valence-corrected chi connectivity index (χ4v) is 3.19. The number of hydrogen-bond donors (Lipinski definition) is 1. The first-order valence-electron chi connectivity index (χ1n) is 9.44. The van der Waals surface area contributed by atoms with Gasteiger partial charge in [-0.2, -0.15) is 4.98 Å². The predicted octanol–water partition coefficient (Wildman–Crippen LogP) is 1.22. The molecule has 1 aromatic heterocycles. The first-order chi connectivity index (χ1) is 12.3. The van der Waals surface area contributed by atoms with E-state index in [2.05, 4.69) is 34.2 Å². The number of carbonyl (C=O) groups excluding carboxylic acids is 2. The van der Waals surface area contributed by atoms with E-state index in [1.165, 1.54) is 0 Å². The standard InChI is InChI=1S/C18H31N5O3/c1-6-22(11-15-20-16(26-21-15)9-12(2)3)17(24)10-14-18(25)19-7-8-23(14)13(4)5/h12-14H,6-11H2,1-5H3,(H,19,25)/t14-/m1/s1. The van der Waals surface area contributed by atoms with Crippen molar-refractivity contribution in [3.63, 3.8) is 0 Å². The Kier molecular flexibility index (Phi) is 7.14. The first kappa shape index (κ1) is 20.4. The van der Waals surface area contributed by atoms with Crippen molar-refractivity contribution in [2.75, 3.05) is 19.6 Å². The zero-order valence-electron chi connectivity index (χ0n) is 16.5. The second-order valence-electron chi connectivity index (χ2n) is 7.45. The summed E-state index contributed by atoms with van der Waals surface area (Å²) in [5.74, 6) is 1.38. The topological polar surface area (TPSA) is 91.6 Å². The van der Waals surface area contributed by atoms with Gasteiger partial charge in [-0.15, -0.1) is 0 Å².